The second-order valence-corrected chi connectivity index (χ2v) is 34.9. The van der Waals surface area contributed by atoms with Gasteiger partial charge in [0.05, 0.1) is 86.5 Å². The van der Waals surface area contributed by atoms with Crippen LogP contribution in [0.2, 0.25) is 0 Å². The molecule has 0 spiro atoms. The summed E-state index contributed by atoms with van der Waals surface area (Å²) in [7, 11) is -7.13. The lowest BCUT2D eigenvalue weighted by molar-refractivity contribution is -0.731. The van der Waals surface area contributed by atoms with Crippen LogP contribution in [0, 0.1) is 33.7 Å². The first-order valence-electron chi connectivity index (χ1n) is 33.4. The number of ketones is 3. The maximum atomic E-state index is 14.0. The van der Waals surface area contributed by atoms with Crippen molar-refractivity contribution in [2.24, 2.45) is 37.4 Å². The molecule has 9 aromatic heterocycles. The number of benzene rings is 3. The third-order valence-corrected chi connectivity index (χ3v) is 27.9. The molecule has 3 aliphatic carbocycles. The van der Waals surface area contributed by atoms with E-state index in [0.29, 0.717) is 51.3 Å². The fourth-order valence-electron chi connectivity index (χ4n) is 14.9. The smallest absolute Gasteiger partial charge is 0.290 e. The summed E-state index contributed by atoms with van der Waals surface area (Å²) in [5.74, 6) is -1.68. The number of hydrogen-bond acceptors (Lipinski definition) is 23. The van der Waals surface area contributed by atoms with Gasteiger partial charge in [-0.1, -0.05) is 27.1 Å². The number of carbonyl (C=O) groups excluding carboxylic acids is 3. The quantitative estimate of drug-likeness (QED) is 0.0803. The van der Waals surface area contributed by atoms with Crippen LogP contribution in [0.15, 0.2) is 177 Å². The van der Waals surface area contributed by atoms with Gasteiger partial charge < -0.3 is 0 Å². The fourth-order valence-corrected chi connectivity index (χ4v) is 21.3. The minimum absolute atomic E-state index is 0.0304. The number of H-pyrrole nitrogens is 1. The Hall–Kier alpha value is -10.7. The minimum atomic E-state index is -3.97. The van der Waals surface area contributed by atoms with E-state index in [9.17, 15) is 52.8 Å². The molecule has 12 heterocycles. The summed E-state index contributed by atoms with van der Waals surface area (Å²) in [6.45, 7) is 0.488. The van der Waals surface area contributed by atoms with E-state index in [1.54, 1.807) is 118 Å². The van der Waals surface area contributed by atoms with Gasteiger partial charge in [0, 0.05) is 88.1 Å². The maximum absolute atomic E-state index is 14.0. The van der Waals surface area contributed by atoms with Gasteiger partial charge >= 0.3 is 5.03 Å². The van der Waals surface area contributed by atoms with Gasteiger partial charge in [0.1, 0.15) is 24.5 Å². The molecule has 108 heavy (non-hydrogen) atoms. The van der Waals surface area contributed by atoms with Crippen molar-refractivity contribution in [3.05, 3.63) is 228 Å². The lowest BCUT2D eigenvalue weighted by Gasteiger charge is -2.44. The van der Waals surface area contributed by atoms with Gasteiger partial charge in [-0.25, -0.2) is 72.1 Å². The van der Waals surface area contributed by atoms with E-state index < -0.39 is 46.3 Å². The normalized spacial score (nSPS) is 20.0. The molecule has 3 atom stereocenters. The van der Waals surface area contributed by atoms with Crippen LogP contribution >= 0.6 is 34.0 Å². The summed E-state index contributed by atoms with van der Waals surface area (Å²) >= 11 is 3.70. The molecule has 3 aliphatic heterocycles. The molecule has 30 nitrogen and oxygen atoms in total. The first-order chi connectivity index (χ1) is 51.8. The van der Waals surface area contributed by atoms with Crippen molar-refractivity contribution in [3.63, 3.8) is 0 Å². The molecule has 0 radical (unpaired) electrons. The number of fused-ring (bicyclic) bond motifs is 6. The van der Waals surface area contributed by atoms with Crippen molar-refractivity contribution in [1.29, 1.82) is 0 Å². The Kier molecular flexibility index (Phi) is 18.3. The van der Waals surface area contributed by atoms with E-state index in [1.165, 1.54) is 123 Å². The van der Waals surface area contributed by atoms with Gasteiger partial charge in [0.15, 0.2) is 26.2 Å². The van der Waals surface area contributed by atoms with Crippen molar-refractivity contribution in [2.45, 2.75) is 53.6 Å². The summed E-state index contributed by atoms with van der Waals surface area (Å²) in [6.07, 6.45) is 21.2. The van der Waals surface area contributed by atoms with Gasteiger partial charge in [-0.2, -0.15) is 42.8 Å². The molecule has 0 unspecified atom stereocenters. The van der Waals surface area contributed by atoms with Crippen LogP contribution in [0.3, 0.4) is 0 Å². The van der Waals surface area contributed by atoms with Crippen LogP contribution in [-0.4, -0.2) is 179 Å². The van der Waals surface area contributed by atoms with Crippen molar-refractivity contribution in [1.82, 2.24) is 97.5 Å². The number of Topliss-reactive ketones (excluding diaryl/α,β-unsaturated/α-hetero) is 3. The van der Waals surface area contributed by atoms with Crippen LogP contribution < -0.4 is 4.68 Å². The molecule has 0 saturated carbocycles. The van der Waals surface area contributed by atoms with Crippen LogP contribution in [0.1, 0.15) is 82.4 Å². The number of piperidine rings is 3. The number of halogens is 3. The molecule has 6 aliphatic rings. The predicted octanol–water partition coefficient (Wildman–Crippen LogP) is 6.92. The Morgan fingerprint density at radius 2 is 0.861 bits per heavy atom. The highest BCUT2D eigenvalue weighted by Crippen LogP contribution is 2.51. The van der Waals surface area contributed by atoms with Gasteiger partial charge in [0.25, 0.3) is 30.1 Å². The summed E-state index contributed by atoms with van der Waals surface area (Å²) in [6, 6.07) is 18.0. The molecule has 1 N–H and O–H groups in total. The van der Waals surface area contributed by atoms with Gasteiger partial charge in [-0.3, -0.25) is 14.4 Å². The Morgan fingerprint density at radius 3 is 1.18 bits per heavy atom. The number of nitrogens with zero attached hydrogens (tertiary/aromatic N) is 20. The summed E-state index contributed by atoms with van der Waals surface area (Å²) in [5.41, 5.74) is 5.98. The molecule has 39 heteroatoms. The molecule has 0 bridgehead atoms. The zero-order valence-electron chi connectivity index (χ0n) is 57.3. The van der Waals surface area contributed by atoms with E-state index >= 15 is 0 Å². The molecule has 12 aromatic rings. The number of thiazole rings is 3. The zero-order chi connectivity index (χ0) is 75.2. The highest BCUT2D eigenvalue weighted by atomic mass is 32.2. The third-order valence-electron chi connectivity index (χ3n) is 20.2. The largest absolute Gasteiger partial charge is 0.346 e. The topological polar surface area (TPSA) is 349 Å². The highest BCUT2D eigenvalue weighted by Gasteiger charge is 2.56. The summed E-state index contributed by atoms with van der Waals surface area (Å²) in [5, 5.41) is 41.3. The van der Waals surface area contributed by atoms with Gasteiger partial charge in [0.2, 0.25) is 22.4 Å². The lowest BCUT2D eigenvalue weighted by atomic mass is 9.66. The predicted molar refractivity (Wildman–Crippen MR) is 384 cm³/mol. The molecule has 3 aromatic carbocycles. The standard InChI is InChI=1S/3C23H20FN7O3S2/c1-29-20(13-26-28-29)36(33,34)30-8-6-16-10-19-15(12-27-31(19)18-4-2-17(24)3-5-18)11-23(16,14-30)21(32)22-25-7-9-35-22;1-29-26-13-20(28-29)36(33,34)30-8-6-16-10-19-15(12-27-31(19)18-4-2-17(24)3-5-18)11-23(16,14-30)21(32)22-25-7-9-35-22;1-29-13-20(27-28-29)36(33,34)30-8-6-16-10-19-15(12-26-31(19)18-4-2-17(24)3-5-18)11-23(16,14-30)21(32)22-25-7-9-35-22/h3*2-5,7,9-10,12-13H,6,8,11,14H2,1H3/p+1/t3*23-/m000/s1. The first kappa shape index (κ1) is 71.6. The number of aromatic nitrogens is 18. The second-order valence-electron chi connectivity index (χ2n) is 26.5. The van der Waals surface area contributed by atoms with Crippen molar-refractivity contribution >= 4 is 99.7 Å². The van der Waals surface area contributed by atoms with E-state index in [2.05, 4.69) is 61.1 Å². The van der Waals surface area contributed by atoms with Crippen LogP contribution in [0.4, 0.5) is 13.2 Å². The molecule has 3 saturated heterocycles. The molecule has 18 rings (SSSR count). The van der Waals surface area contributed by atoms with Crippen molar-refractivity contribution < 1.29 is 57.5 Å². The van der Waals surface area contributed by atoms with Crippen LogP contribution in [-0.2, 0) is 70.5 Å². The number of hydrogen-bond donors (Lipinski definition) is 1. The average molecular weight is 1580 g/mol. The molecule has 0 amide bonds. The maximum Gasteiger partial charge on any atom is 0.346 e. The number of sulfonamides is 3. The zero-order valence-corrected chi connectivity index (χ0v) is 62.2. The Balaban J connectivity index is 0.000000124. The van der Waals surface area contributed by atoms with Gasteiger partial charge in [-0.15, -0.1) is 44.2 Å². The van der Waals surface area contributed by atoms with Crippen molar-refractivity contribution in [2.75, 3.05) is 39.3 Å². The monoisotopic (exact) mass is 1580 g/mol. The van der Waals surface area contributed by atoms with Gasteiger partial charge in [-0.05, 0) is 146 Å². The Labute approximate surface area is 625 Å². The molecule has 3 fully saturated rings. The van der Waals surface area contributed by atoms with Crippen molar-refractivity contribution in [3.8, 4) is 17.1 Å². The summed E-state index contributed by atoms with van der Waals surface area (Å²) in [4.78, 5) is 55.7. The fraction of sp³-hybridized carbons (Fsp3) is 0.261. The first-order valence-corrected chi connectivity index (χ1v) is 40.4. The Bertz CT molecular complexity index is 5730. The minimum Gasteiger partial charge on any atom is -0.290 e. The van der Waals surface area contributed by atoms with E-state index in [1.807, 2.05) is 18.2 Å². The number of rotatable bonds is 15. The number of carbonyl (C=O) groups is 3. The average Bonchev–Trinajstić information content (AvgIpc) is 1.36. The van der Waals surface area contributed by atoms with E-state index in [0.717, 1.165) is 50.5 Å². The third kappa shape index (κ3) is 12.5. The number of aromatic amines is 1. The molecular formula is C69H61F3N21O9S6+. The SMILES string of the molecule is C[n+]1cc(S(=O)(=O)N2CCC3=Cc4c(cnn4-c4ccc(F)cc4)C[C@]3(C(=O)c3nccs3)C2)n[nH]1.Cn1ncc(S(=O)(=O)N2CCC3=Cc4c(cnn4-c4ccc(F)cc4)C[C@]3(C(=O)c3nccs3)C2)n1.Cn1nncc1S(=O)(=O)N1CCC2=Cc3c(cnn3-c3ccc(F)cc3)C[C@]2(C(=O)c2nccs2)C1. The van der Waals surface area contributed by atoms with E-state index in [4.69, 9.17) is 0 Å². The van der Waals surface area contributed by atoms with Crippen LogP contribution in [0.25, 0.3) is 35.3 Å². The molecule has 552 valence electrons. The molecular weight excluding hydrogens is 1520 g/mol. The highest BCUT2D eigenvalue weighted by molar-refractivity contribution is 7.89. The number of nitrogens with one attached hydrogen (secondary N) is 1. The lowest BCUT2D eigenvalue weighted by Crippen LogP contribution is -2.53. The van der Waals surface area contributed by atoms with Crippen LogP contribution in [0.5, 0.6) is 0 Å². The number of aryl methyl sites for hydroxylation is 3. The van der Waals surface area contributed by atoms with E-state index in [-0.39, 0.29) is 108 Å². The summed E-state index contributed by atoms with van der Waals surface area (Å²) < 4.78 is 133. The second kappa shape index (κ2) is 27.5. The Morgan fingerprint density at radius 1 is 0.491 bits per heavy atom.